The summed E-state index contributed by atoms with van der Waals surface area (Å²) in [6, 6.07) is 0. The minimum absolute atomic E-state index is 0.170. The summed E-state index contributed by atoms with van der Waals surface area (Å²) in [5.41, 5.74) is -0.372. The third kappa shape index (κ3) is 5.65. The fourth-order valence-corrected chi connectivity index (χ4v) is 1.43. The first kappa shape index (κ1) is 14.3. The summed E-state index contributed by atoms with van der Waals surface area (Å²) < 4.78 is 5.26. The highest BCUT2D eigenvalue weighted by atomic mass is 16.6. The molecule has 0 N–H and O–H groups in total. The van der Waals surface area contributed by atoms with Crippen LogP contribution in [-0.4, -0.2) is 29.7 Å². The number of likely N-dealkylation sites (tertiary alicyclic amines) is 1. The molecule has 1 fully saturated rings. The summed E-state index contributed by atoms with van der Waals surface area (Å²) >= 11 is 0. The third-order valence-corrected chi connectivity index (χ3v) is 2.08. The van der Waals surface area contributed by atoms with Crippen LogP contribution >= 0.6 is 0 Å². The van der Waals surface area contributed by atoms with Crippen LogP contribution in [0.25, 0.3) is 0 Å². The van der Waals surface area contributed by atoms with Crippen molar-refractivity contribution < 1.29 is 9.53 Å². The van der Waals surface area contributed by atoms with Gasteiger partial charge >= 0.3 is 6.09 Å². The van der Waals surface area contributed by atoms with Crippen molar-refractivity contribution in [3.63, 3.8) is 0 Å². The van der Waals surface area contributed by atoms with E-state index in [2.05, 4.69) is 6.92 Å². The van der Waals surface area contributed by atoms with E-state index in [1.807, 2.05) is 34.6 Å². The van der Waals surface area contributed by atoms with Gasteiger partial charge in [-0.15, -0.1) is 0 Å². The van der Waals surface area contributed by atoms with Crippen molar-refractivity contribution in [2.75, 3.05) is 13.1 Å². The molecule has 0 aromatic rings. The fraction of sp³-hybridized carbons (Fsp3) is 0.917. The zero-order chi connectivity index (χ0) is 12.1. The van der Waals surface area contributed by atoms with Crippen molar-refractivity contribution in [1.29, 1.82) is 0 Å². The summed E-state index contributed by atoms with van der Waals surface area (Å²) in [4.78, 5) is 13.3. The molecule has 0 radical (unpaired) electrons. The fourth-order valence-electron chi connectivity index (χ4n) is 1.43. The largest absolute Gasteiger partial charge is 0.444 e. The smallest absolute Gasteiger partial charge is 0.410 e. The van der Waals surface area contributed by atoms with Crippen LogP contribution in [0.1, 0.15) is 48.0 Å². The zero-order valence-electron chi connectivity index (χ0n) is 11.0. The summed E-state index contributed by atoms with van der Waals surface area (Å²) in [7, 11) is 0. The van der Waals surface area contributed by atoms with Crippen LogP contribution in [0, 0.1) is 5.92 Å². The first-order chi connectivity index (χ1) is 6.88. The predicted octanol–water partition coefficient (Wildman–Crippen LogP) is 3.29. The molecule has 0 saturated carbocycles. The molecule has 15 heavy (non-hydrogen) atoms. The Bertz CT molecular complexity index is 196. The number of carbonyl (C=O) groups excluding carboxylic acids is 1. The van der Waals surface area contributed by atoms with E-state index < -0.39 is 0 Å². The number of hydrogen-bond acceptors (Lipinski definition) is 2. The molecule has 3 heteroatoms. The highest BCUT2D eigenvalue weighted by molar-refractivity contribution is 5.68. The molecule has 1 saturated heterocycles. The van der Waals surface area contributed by atoms with Gasteiger partial charge < -0.3 is 9.64 Å². The van der Waals surface area contributed by atoms with Crippen LogP contribution in [0.5, 0.6) is 0 Å². The quantitative estimate of drug-likeness (QED) is 0.620. The summed E-state index contributed by atoms with van der Waals surface area (Å²) in [6.45, 7) is 13.5. The van der Waals surface area contributed by atoms with E-state index in [0.717, 1.165) is 19.5 Å². The number of carbonyl (C=O) groups is 1. The lowest BCUT2D eigenvalue weighted by molar-refractivity contribution is 0.0289. The lowest BCUT2D eigenvalue weighted by atomic mass is 10.2. The van der Waals surface area contributed by atoms with Gasteiger partial charge in [-0.25, -0.2) is 4.79 Å². The van der Waals surface area contributed by atoms with Crippen LogP contribution in [0.3, 0.4) is 0 Å². The van der Waals surface area contributed by atoms with Crippen molar-refractivity contribution in [3.05, 3.63) is 0 Å². The Kier molecular flexibility index (Phi) is 5.69. The monoisotopic (exact) mass is 215 g/mol. The Morgan fingerprint density at radius 1 is 1.33 bits per heavy atom. The van der Waals surface area contributed by atoms with Crippen molar-refractivity contribution in [2.45, 2.75) is 53.6 Å². The van der Waals surface area contributed by atoms with Gasteiger partial charge in [0.1, 0.15) is 5.60 Å². The number of amides is 1. The summed E-state index contributed by atoms with van der Waals surface area (Å²) in [5.74, 6) is 0.618. The van der Waals surface area contributed by atoms with Gasteiger partial charge in [-0.05, 0) is 33.1 Å². The maximum Gasteiger partial charge on any atom is 0.410 e. The molecule has 0 spiro atoms. The Labute approximate surface area is 93.8 Å². The van der Waals surface area contributed by atoms with E-state index in [9.17, 15) is 4.79 Å². The number of rotatable bonds is 0. The van der Waals surface area contributed by atoms with Crippen LogP contribution in [0.15, 0.2) is 0 Å². The molecule has 1 amide bonds. The second-order valence-corrected chi connectivity index (χ2v) is 4.82. The topological polar surface area (TPSA) is 29.5 Å². The second kappa shape index (κ2) is 5.99. The van der Waals surface area contributed by atoms with Crippen LogP contribution in [-0.2, 0) is 4.74 Å². The van der Waals surface area contributed by atoms with Gasteiger partial charge in [0, 0.05) is 13.1 Å². The Morgan fingerprint density at radius 3 is 2.20 bits per heavy atom. The Hall–Kier alpha value is -0.730. The first-order valence-corrected chi connectivity index (χ1v) is 5.86. The summed E-state index contributed by atoms with van der Waals surface area (Å²) in [5, 5.41) is 0. The average Bonchev–Trinajstić information content (AvgIpc) is 2.52. The number of ether oxygens (including phenoxy) is 1. The van der Waals surface area contributed by atoms with Gasteiger partial charge in [0.15, 0.2) is 0 Å². The maximum absolute atomic E-state index is 11.5. The molecule has 90 valence electrons. The molecular formula is C12H25NO2. The third-order valence-electron chi connectivity index (χ3n) is 2.08. The molecule has 1 aliphatic rings. The van der Waals surface area contributed by atoms with Crippen LogP contribution in [0.2, 0.25) is 0 Å². The van der Waals surface area contributed by atoms with Gasteiger partial charge in [0.2, 0.25) is 0 Å². The van der Waals surface area contributed by atoms with E-state index >= 15 is 0 Å². The molecular weight excluding hydrogens is 190 g/mol. The predicted molar refractivity (Wildman–Crippen MR) is 62.9 cm³/mol. The van der Waals surface area contributed by atoms with Crippen molar-refractivity contribution >= 4 is 6.09 Å². The Balaban J connectivity index is 0.000000921. The normalized spacial score (nSPS) is 20.7. The molecule has 0 aromatic heterocycles. The molecule has 1 atom stereocenters. The van der Waals surface area contributed by atoms with Crippen LogP contribution < -0.4 is 0 Å². The lowest BCUT2D eigenvalue weighted by Gasteiger charge is -2.24. The minimum atomic E-state index is -0.372. The maximum atomic E-state index is 11.5. The molecule has 0 bridgehead atoms. The highest BCUT2D eigenvalue weighted by Gasteiger charge is 2.27. The Morgan fingerprint density at radius 2 is 1.87 bits per heavy atom. The van der Waals surface area contributed by atoms with Crippen molar-refractivity contribution in [2.24, 2.45) is 5.92 Å². The molecule has 1 heterocycles. The summed E-state index contributed by atoms with van der Waals surface area (Å²) in [6.07, 6.45) is 0.927. The van der Waals surface area contributed by atoms with Gasteiger partial charge in [-0.2, -0.15) is 0 Å². The van der Waals surface area contributed by atoms with E-state index in [4.69, 9.17) is 4.74 Å². The molecule has 1 rings (SSSR count). The molecule has 1 unspecified atom stereocenters. The molecule has 1 aliphatic heterocycles. The van der Waals surface area contributed by atoms with E-state index in [0.29, 0.717) is 5.92 Å². The number of hydrogen-bond donors (Lipinski definition) is 0. The highest BCUT2D eigenvalue weighted by Crippen LogP contribution is 2.18. The minimum Gasteiger partial charge on any atom is -0.444 e. The van der Waals surface area contributed by atoms with Crippen LogP contribution in [0.4, 0.5) is 4.79 Å². The van der Waals surface area contributed by atoms with Gasteiger partial charge in [0.05, 0.1) is 0 Å². The second-order valence-electron chi connectivity index (χ2n) is 4.82. The molecule has 3 nitrogen and oxygen atoms in total. The SMILES string of the molecule is CC.CC1CCN(C(=O)OC(C)(C)C)C1. The van der Waals surface area contributed by atoms with Gasteiger partial charge in [0.25, 0.3) is 0 Å². The standard InChI is InChI=1S/C10H19NO2.C2H6/c1-8-5-6-11(7-8)9(12)13-10(2,3)4;1-2/h8H,5-7H2,1-4H3;1-2H3. The van der Waals surface area contributed by atoms with Crippen molar-refractivity contribution in [1.82, 2.24) is 4.90 Å². The van der Waals surface area contributed by atoms with Gasteiger partial charge in [-0.3, -0.25) is 0 Å². The van der Waals surface area contributed by atoms with Gasteiger partial charge in [-0.1, -0.05) is 20.8 Å². The molecule has 0 aromatic carbocycles. The van der Waals surface area contributed by atoms with E-state index in [1.54, 1.807) is 4.90 Å². The average molecular weight is 215 g/mol. The first-order valence-electron chi connectivity index (χ1n) is 5.86. The van der Waals surface area contributed by atoms with E-state index in [-0.39, 0.29) is 11.7 Å². The molecule has 0 aliphatic carbocycles. The zero-order valence-corrected chi connectivity index (χ0v) is 11.0. The van der Waals surface area contributed by atoms with Crippen molar-refractivity contribution in [3.8, 4) is 0 Å². The van der Waals surface area contributed by atoms with E-state index in [1.165, 1.54) is 0 Å². The number of nitrogens with zero attached hydrogens (tertiary/aromatic N) is 1. The lowest BCUT2D eigenvalue weighted by Crippen LogP contribution is -2.35.